The molecule has 33 heavy (non-hydrogen) atoms. The first-order valence-corrected chi connectivity index (χ1v) is 11.3. The second-order valence-corrected chi connectivity index (χ2v) is 8.40. The van der Waals surface area contributed by atoms with Gasteiger partial charge in [-0.15, -0.1) is 0 Å². The van der Waals surface area contributed by atoms with Gasteiger partial charge in [0.05, 0.1) is 11.6 Å². The number of nitrogens with zero attached hydrogens (tertiary/aromatic N) is 2. The number of hydrogen-bond acceptors (Lipinski definition) is 5. The summed E-state index contributed by atoms with van der Waals surface area (Å²) in [5, 5.41) is 3.32. The molecule has 0 bridgehead atoms. The smallest absolute Gasteiger partial charge is 0.250 e. The molecule has 0 spiro atoms. The number of nitrogens with one attached hydrogen (secondary N) is 1. The van der Waals surface area contributed by atoms with Gasteiger partial charge < -0.3 is 16.0 Å². The second-order valence-electron chi connectivity index (χ2n) is 8.40. The number of aryl methyl sites for hydroxylation is 1. The summed E-state index contributed by atoms with van der Waals surface area (Å²) >= 11 is 0. The van der Waals surface area contributed by atoms with Crippen LogP contribution in [0.4, 0.5) is 11.4 Å². The Morgan fingerprint density at radius 3 is 2.18 bits per heavy atom. The number of anilines is 2. The molecule has 1 heterocycles. The van der Waals surface area contributed by atoms with Crippen LogP contribution in [0.15, 0.2) is 78.9 Å². The van der Waals surface area contributed by atoms with E-state index in [1.807, 2.05) is 61.5 Å². The van der Waals surface area contributed by atoms with Crippen molar-refractivity contribution >= 4 is 23.1 Å². The van der Waals surface area contributed by atoms with E-state index in [2.05, 4.69) is 27.2 Å². The van der Waals surface area contributed by atoms with Gasteiger partial charge in [-0.25, -0.2) is 0 Å². The first-order chi connectivity index (χ1) is 16.0. The number of Topliss-reactive ketones (excluding diaryl/α,β-unsaturated/α-hetero) is 1. The Morgan fingerprint density at radius 2 is 1.52 bits per heavy atom. The van der Waals surface area contributed by atoms with Gasteiger partial charge in [-0.1, -0.05) is 60.2 Å². The minimum absolute atomic E-state index is 0.0761. The van der Waals surface area contributed by atoms with E-state index in [4.69, 9.17) is 5.73 Å². The Hall–Kier alpha value is -3.64. The highest BCUT2D eigenvalue weighted by Crippen LogP contribution is 2.20. The largest absolute Gasteiger partial charge is 0.382 e. The first-order valence-electron chi connectivity index (χ1n) is 11.3. The van der Waals surface area contributed by atoms with Crippen molar-refractivity contribution in [1.82, 2.24) is 4.90 Å². The molecule has 6 nitrogen and oxygen atoms in total. The minimum Gasteiger partial charge on any atom is -0.382 e. The summed E-state index contributed by atoms with van der Waals surface area (Å²) in [6.07, 6.45) is 0. The quantitative estimate of drug-likeness (QED) is 0.522. The molecule has 1 amide bonds. The fraction of sp³-hybridized carbons (Fsp3) is 0.259. The maximum atomic E-state index is 13.6. The van der Waals surface area contributed by atoms with Crippen LogP contribution in [-0.2, 0) is 0 Å². The number of hydrogen-bond donors (Lipinski definition) is 2. The molecule has 1 atom stereocenters. The molecule has 3 N–H and O–H groups in total. The fourth-order valence-electron chi connectivity index (χ4n) is 4.29. The molecule has 4 rings (SSSR count). The lowest BCUT2D eigenvalue weighted by molar-refractivity contribution is 0.0822. The van der Waals surface area contributed by atoms with Crippen molar-refractivity contribution in [3.63, 3.8) is 0 Å². The van der Waals surface area contributed by atoms with Crippen molar-refractivity contribution in [2.75, 3.05) is 42.9 Å². The van der Waals surface area contributed by atoms with Crippen LogP contribution in [0, 0.1) is 6.92 Å². The van der Waals surface area contributed by atoms with Crippen LogP contribution in [0.2, 0.25) is 0 Å². The van der Waals surface area contributed by atoms with Crippen LogP contribution in [-0.4, -0.2) is 55.4 Å². The maximum absolute atomic E-state index is 13.6. The number of nitrogens with two attached hydrogens (primary N) is 1. The van der Waals surface area contributed by atoms with Crippen molar-refractivity contribution in [3.05, 3.63) is 95.6 Å². The molecular weight excluding hydrogens is 412 g/mol. The summed E-state index contributed by atoms with van der Waals surface area (Å²) < 4.78 is 0. The summed E-state index contributed by atoms with van der Waals surface area (Å²) in [7, 11) is 0. The van der Waals surface area contributed by atoms with E-state index in [0.29, 0.717) is 23.4 Å². The van der Waals surface area contributed by atoms with E-state index >= 15 is 0 Å². The zero-order valence-corrected chi connectivity index (χ0v) is 18.9. The van der Waals surface area contributed by atoms with Gasteiger partial charge in [0.2, 0.25) is 0 Å². The maximum Gasteiger partial charge on any atom is 0.250 e. The molecule has 0 radical (unpaired) electrons. The van der Waals surface area contributed by atoms with E-state index < -0.39 is 5.91 Å². The van der Waals surface area contributed by atoms with Gasteiger partial charge in [0.1, 0.15) is 0 Å². The van der Waals surface area contributed by atoms with Crippen LogP contribution in [0.5, 0.6) is 0 Å². The van der Waals surface area contributed by atoms with Crippen LogP contribution < -0.4 is 16.0 Å². The van der Waals surface area contributed by atoms with Gasteiger partial charge in [-0.05, 0) is 31.2 Å². The average molecular weight is 443 g/mol. The van der Waals surface area contributed by atoms with Crippen molar-refractivity contribution in [3.8, 4) is 0 Å². The van der Waals surface area contributed by atoms with E-state index in [1.165, 1.54) is 5.69 Å². The van der Waals surface area contributed by atoms with Gasteiger partial charge in [0, 0.05) is 49.7 Å². The van der Waals surface area contributed by atoms with Crippen LogP contribution in [0.3, 0.4) is 0 Å². The fourth-order valence-corrected chi connectivity index (χ4v) is 4.29. The first kappa shape index (κ1) is 22.6. The summed E-state index contributed by atoms with van der Waals surface area (Å²) in [5.74, 6) is -0.414. The molecule has 1 aliphatic heterocycles. The van der Waals surface area contributed by atoms with E-state index in [9.17, 15) is 9.59 Å². The third-order valence-corrected chi connectivity index (χ3v) is 6.19. The Kier molecular flexibility index (Phi) is 7.05. The summed E-state index contributed by atoms with van der Waals surface area (Å²) in [5.41, 5.74) is 9.62. The number of para-hydroxylation sites is 2. The van der Waals surface area contributed by atoms with Gasteiger partial charge in [0.15, 0.2) is 5.78 Å². The van der Waals surface area contributed by atoms with Crippen molar-refractivity contribution in [2.45, 2.75) is 13.0 Å². The number of carbonyl (C=O) groups excluding carboxylic acids is 2. The Morgan fingerprint density at radius 1 is 0.879 bits per heavy atom. The van der Waals surface area contributed by atoms with Crippen molar-refractivity contribution < 1.29 is 9.59 Å². The Balaban J connectivity index is 1.52. The Labute approximate surface area is 195 Å². The van der Waals surface area contributed by atoms with Crippen LogP contribution >= 0.6 is 0 Å². The molecule has 6 heteroatoms. The van der Waals surface area contributed by atoms with Gasteiger partial charge in [-0.3, -0.25) is 14.5 Å². The molecule has 1 unspecified atom stereocenters. The van der Waals surface area contributed by atoms with Crippen LogP contribution in [0.1, 0.15) is 26.3 Å². The lowest BCUT2D eigenvalue weighted by atomic mass is 10.0. The summed E-state index contributed by atoms with van der Waals surface area (Å²) in [6.45, 7) is 5.64. The molecular formula is C27H30N4O2. The molecule has 0 aromatic heterocycles. The summed E-state index contributed by atoms with van der Waals surface area (Å²) in [4.78, 5) is 30.0. The number of ketones is 1. The lowest BCUT2D eigenvalue weighted by Crippen LogP contribution is -2.55. The monoisotopic (exact) mass is 442 g/mol. The predicted octanol–water partition coefficient (Wildman–Crippen LogP) is 3.58. The highest BCUT2D eigenvalue weighted by molar-refractivity contribution is 6.01. The zero-order valence-electron chi connectivity index (χ0n) is 18.9. The molecule has 0 aliphatic carbocycles. The zero-order chi connectivity index (χ0) is 23.2. The molecule has 3 aromatic carbocycles. The lowest BCUT2D eigenvalue weighted by Gasteiger charge is -2.40. The predicted molar refractivity (Wildman–Crippen MR) is 133 cm³/mol. The SMILES string of the molecule is Cc1ccc(C(=O)C(CNc2ccccc2C(N)=O)N2CCN(c3ccccc3)CC2)cc1. The highest BCUT2D eigenvalue weighted by atomic mass is 16.1. The summed E-state index contributed by atoms with van der Waals surface area (Å²) in [6, 6.07) is 24.9. The molecule has 3 aromatic rings. The number of rotatable bonds is 8. The molecule has 0 saturated carbocycles. The standard InChI is InChI=1S/C27H30N4O2/c1-20-11-13-21(14-12-20)26(32)25(19-29-24-10-6-5-9-23(24)27(28)33)31-17-15-30(16-18-31)22-7-3-2-4-8-22/h2-14,25,29H,15-19H2,1H3,(H2,28,33). The molecule has 1 saturated heterocycles. The number of benzene rings is 3. The third-order valence-electron chi connectivity index (χ3n) is 6.19. The Bertz CT molecular complexity index is 1090. The number of amides is 1. The number of carbonyl (C=O) groups is 2. The van der Waals surface area contributed by atoms with Gasteiger partial charge in [0.25, 0.3) is 5.91 Å². The number of piperazine rings is 1. The van der Waals surface area contributed by atoms with Gasteiger partial charge >= 0.3 is 0 Å². The molecule has 1 aliphatic rings. The van der Waals surface area contributed by atoms with E-state index in [1.54, 1.807) is 12.1 Å². The van der Waals surface area contributed by atoms with Gasteiger partial charge in [-0.2, -0.15) is 0 Å². The molecule has 170 valence electrons. The normalized spacial score (nSPS) is 15.1. The van der Waals surface area contributed by atoms with E-state index in [-0.39, 0.29) is 11.8 Å². The van der Waals surface area contributed by atoms with E-state index in [0.717, 1.165) is 31.7 Å². The highest BCUT2D eigenvalue weighted by Gasteiger charge is 2.30. The average Bonchev–Trinajstić information content (AvgIpc) is 2.85. The second kappa shape index (κ2) is 10.3. The molecule has 1 fully saturated rings. The topological polar surface area (TPSA) is 78.7 Å². The third kappa shape index (κ3) is 5.41. The number of primary amides is 1. The minimum atomic E-state index is -0.490. The van der Waals surface area contributed by atoms with Crippen LogP contribution in [0.25, 0.3) is 0 Å². The van der Waals surface area contributed by atoms with Crippen molar-refractivity contribution in [1.29, 1.82) is 0 Å². The van der Waals surface area contributed by atoms with Crippen molar-refractivity contribution in [2.24, 2.45) is 5.73 Å².